The van der Waals surface area contributed by atoms with Crippen LogP contribution in [0.4, 0.5) is 23.2 Å². The van der Waals surface area contributed by atoms with Crippen LogP contribution in [0.5, 0.6) is 0 Å². The van der Waals surface area contributed by atoms with Gasteiger partial charge in [0.2, 0.25) is 0 Å². The summed E-state index contributed by atoms with van der Waals surface area (Å²) >= 11 is 0. The van der Waals surface area contributed by atoms with Crippen molar-refractivity contribution in [3.05, 3.63) is 83.7 Å². The highest BCUT2D eigenvalue weighted by atomic mass is 32.2. The number of carbonyl (C=O) groups is 1. The average Bonchev–Trinajstić information content (AvgIpc) is 2.83. The smallest absolute Gasteiger partial charge is 0.367 e. The molecule has 1 amide bonds. The zero-order valence-corrected chi connectivity index (χ0v) is 19.5. The van der Waals surface area contributed by atoms with Crippen LogP contribution in [0.2, 0.25) is 0 Å². The van der Waals surface area contributed by atoms with Gasteiger partial charge in [0.1, 0.15) is 5.82 Å². The molecule has 0 aromatic heterocycles. The standard InChI is InChI=1S/C25H22F4N2O3S/c1-35(33,34)19-10-11-20(17-6-8-18(26)9-7-17)21(16-19)24(32)31-14-12-30(13-15-31)23-5-3-2-4-22(23)25(27,28)29/h2-11,16H,12-15H2,1H3. The molecule has 1 heterocycles. The number of piperazine rings is 1. The molecule has 3 aromatic rings. The largest absolute Gasteiger partial charge is 0.418 e. The molecule has 0 bridgehead atoms. The quantitative estimate of drug-likeness (QED) is 0.474. The van der Waals surface area contributed by atoms with Crippen LogP contribution in [0.25, 0.3) is 11.1 Å². The van der Waals surface area contributed by atoms with E-state index in [1.807, 2.05) is 0 Å². The summed E-state index contributed by atoms with van der Waals surface area (Å²) in [5.41, 5.74) is 0.417. The van der Waals surface area contributed by atoms with Crippen LogP contribution < -0.4 is 4.90 Å². The maximum absolute atomic E-state index is 13.5. The van der Waals surface area contributed by atoms with Crippen molar-refractivity contribution in [1.29, 1.82) is 0 Å². The van der Waals surface area contributed by atoms with Crippen molar-refractivity contribution in [2.24, 2.45) is 0 Å². The lowest BCUT2D eigenvalue weighted by Crippen LogP contribution is -2.49. The van der Waals surface area contributed by atoms with Gasteiger partial charge < -0.3 is 9.80 Å². The summed E-state index contributed by atoms with van der Waals surface area (Å²) in [5.74, 6) is -0.900. The number of alkyl halides is 3. The van der Waals surface area contributed by atoms with Gasteiger partial charge in [-0.05, 0) is 47.5 Å². The van der Waals surface area contributed by atoms with Gasteiger partial charge in [-0.25, -0.2) is 12.8 Å². The van der Waals surface area contributed by atoms with E-state index in [0.29, 0.717) is 11.1 Å². The van der Waals surface area contributed by atoms with Crippen molar-refractivity contribution < 1.29 is 30.8 Å². The van der Waals surface area contributed by atoms with Gasteiger partial charge >= 0.3 is 6.18 Å². The Morgan fingerprint density at radius 1 is 0.886 bits per heavy atom. The molecule has 1 fully saturated rings. The molecule has 5 nitrogen and oxygen atoms in total. The maximum atomic E-state index is 13.5. The summed E-state index contributed by atoms with van der Waals surface area (Å²) in [7, 11) is -3.60. The molecule has 3 aromatic carbocycles. The second kappa shape index (κ2) is 9.33. The third kappa shape index (κ3) is 5.32. The van der Waals surface area contributed by atoms with Gasteiger partial charge in [0, 0.05) is 43.7 Å². The van der Waals surface area contributed by atoms with Crippen LogP contribution in [-0.2, 0) is 16.0 Å². The molecule has 10 heteroatoms. The van der Waals surface area contributed by atoms with Gasteiger partial charge in [0.05, 0.1) is 10.5 Å². The first kappa shape index (κ1) is 24.7. The number of para-hydroxylation sites is 1. The highest BCUT2D eigenvalue weighted by Crippen LogP contribution is 2.37. The molecule has 0 saturated carbocycles. The highest BCUT2D eigenvalue weighted by molar-refractivity contribution is 7.90. The first-order chi connectivity index (χ1) is 16.4. The fourth-order valence-electron chi connectivity index (χ4n) is 4.12. The van der Waals surface area contributed by atoms with Crippen LogP contribution in [-0.4, -0.2) is 51.7 Å². The molecule has 0 atom stereocenters. The highest BCUT2D eigenvalue weighted by Gasteiger charge is 2.35. The minimum Gasteiger partial charge on any atom is -0.367 e. The van der Waals surface area contributed by atoms with Crippen LogP contribution in [0.1, 0.15) is 15.9 Å². The zero-order chi connectivity index (χ0) is 25.4. The van der Waals surface area contributed by atoms with E-state index in [-0.39, 0.29) is 42.3 Å². The molecule has 1 saturated heterocycles. The molecule has 0 radical (unpaired) electrons. The molecule has 0 unspecified atom stereocenters. The van der Waals surface area contributed by atoms with Crippen LogP contribution >= 0.6 is 0 Å². The number of rotatable bonds is 4. The molecule has 184 valence electrons. The zero-order valence-electron chi connectivity index (χ0n) is 18.7. The third-order valence-corrected chi connectivity index (χ3v) is 7.03. The lowest BCUT2D eigenvalue weighted by Gasteiger charge is -2.37. The number of halogens is 4. The Hall–Kier alpha value is -3.40. The minimum absolute atomic E-state index is 0.0375. The molecular formula is C25H22F4N2O3S. The Kier molecular flexibility index (Phi) is 6.59. The average molecular weight is 507 g/mol. The van der Waals surface area contributed by atoms with Gasteiger partial charge in [0.25, 0.3) is 5.91 Å². The lowest BCUT2D eigenvalue weighted by molar-refractivity contribution is -0.137. The number of sulfone groups is 1. The van der Waals surface area contributed by atoms with E-state index < -0.39 is 33.3 Å². The van der Waals surface area contributed by atoms with E-state index in [0.717, 1.165) is 12.3 Å². The minimum atomic E-state index is -4.50. The topological polar surface area (TPSA) is 57.7 Å². The number of hydrogen-bond acceptors (Lipinski definition) is 4. The van der Waals surface area contributed by atoms with Crippen molar-refractivity contribution in [1.82, 2.24) is 4.90 Å². The van der Waals surface area contributed by atoms with Crippen molar-refractivity contribution in [2.75, 3.05) is 37.3 Å². The number of hydrogen-bond donors (Lipinski definition) is 0. The molecule has 35 heavy (non-hydrogen) atoms. The van der Waals surface area contributed by atoms with Crippen LogP contribution in [0, 0.1) is 5.82 Å². The normalized spacial score (nSPS) is 14.8. The Morgan fingerprint density at radius 2 is 1.51 bits per heavy atom. The van der Waals surface area contributed by atoms with Crippen molar-refractivity contribution in [2.45, 2.75) is 11.1 Å². The summed E-state index contributed by atoms with van der Waals surface area (Å²) < 4.78 is 77.9. The van der Waals surface area contributed by atoms with E-state index in [1.54, 1.807) is 4.90 Å². The number of benzene rings is 3. The fraction of sp³-hybridized carbons (Fsp3) is 0.240. The van der Waals surface area contributed by atoms with Gasteiger partial charge in [-0.15, -0.1) is 0 Å². The van der Waals surface area contributed by atoms with Gasteiger partial charge in [0.15, 0.2) is 9.84 Å². The number of nitrogens with zero attached hydrogens (tertiary/aromatic N) is 2. The van der Waals surface area contributed by atoms with E-state index in [4.69, 9.17) is 0 Å². The van der Waals surface area contributed by atoms with Crippen LogP contribution in [0.15, 0.2) is 71.6 Å². The molecule has 0 spiro atoms. The second-order valence-corrected chi connectivity index (χ2v) is 10.3. The van der Waals surface area contributed by atoms with E-state index in [1.165, 1.54) is 65.6 Å². The summed E-state index contributed by atoms with van der Waals surface area (Å²) in [6.45, 7) is 0.654. The molecule has 1 aliphatic heterocycles. The summed E-state index contributed by atoms with van der Waals surface area (Å²) in [4.78, 5) is 16.5. The first-order valence-corrected chi connectivity index (χ1v) is 12.6. The van der Waals surface area contributed by atoms with Gasteiger partial charge in [-0.1, -0.05) is 30.3 Å². The first-order valence-electron chi connectivity index (χ1n) is 10.8. The van der Waals surface area contributed by atoms with Gasteiger partial charge in [-0.2, -0.15) is 13.2 Å². The van der Waals surface area contributed by atoms with E-state index in [9.17, 15) is 30.8 Å². The Bertz CT molecular complexity index is 1350. The monoisotopic (exact) mass is 506 g/mol. The third-order valence-electron chi connectivity index (χ3n) is 5.92. The van der Waals surface area contributed by atoms with Crippen molar-refractivity contribution in [3.63, 3.8) is 0 Å². The Morgan fingerprint density at radius 3 is 2.11 bits per heavy atom. The molecular weight excluding hydrogens is 484 g/mol. The molecule has 4 rings (SSSR count). The maximum Gasteiger partial charge on any atom is 0.418 e. The van der Waals surface area contributed by atoms with Gasteiger partial charge in [-0.3, -0.25) is 4.79 Å². The van der Waals surface area contributed by atoms with Crippen molar-refractivity contribution in [3.8, 4) is 11.1 Å². The number of carbonyl (C=O) groups excluding carboxylic acids is 1. The Labute approximate surface area is 200 Å². The SMILES string of the molecule is CS(=O)(=O)c1ccc(-c2ccc(F)cc2)c(C(=O)N2CCN(c3ccccc3C(F)(F)F)CC2)c1. The summed E-state index contributed by atoms with van der Waals surface area (Å²) in [6, 6.07) is 15.0. The van der Waals surface area contributed by atoms with Crippen molar-refractivity contribution >= 4 is 21.4 Å². The molecule has 0 aliphatic carbocycles. The fourth-order valence-corrected chi connectivity index (χ4v) is 4.77. The van der Waals surface area contributed by atoms with E-state index >= 15 is 0 Å². The molecule has 1 aliphatic rings. The lowest BCUT2D eigenvalue weighted by atomic mass is 9.98. The predicted octanol–water partition coefficient (Wildman–Crippen LogP) is 4.88. The number of amides is 1. The van der Waals surface area contributed by atoms with E-state index in [2.05, 4.69) is 0 Å². The number of anilines is 1. The molecule has 0 N–H and O–H groups in total. The Balaban J connectivity index is 1.62. The summed E-state index contributed by atoms with van der Waals surface area (Å²) in [6.07, 6.45) is -3.47. The predicted molar refractivity (Wildman–Crippen MR) is 125 cm³/mol. The summed E-state index contributed by atoms with van der Waals surface area (Å²) in [5, 5.41) is 0. The van der Waals surface area contributed by atoms with Crippen LogP contribution in [0.3, 0.4) is 0 Å². The second-order valence-electron chi connectivity index (χ2n) is 8.28.